The van der Waals surface area contributed by atoms with Crippen LogP contribution < -0.4 is 0 Å². The van der Waals surface area contributed by atoms with Crippen LogP contribution in [0.15, 0.2) is 60.8 Å². The van der Waals surface area contributed by atoms with E-state index in [2.05, 4.69) is 10.3 Å². The third-order valence-corrected chi connectivity index (χ3v) is 5.98. The molecule has 0 radical (unpaired) electrons. The zero-order valence-electron chi connectivity index (χ0n) is 17.2. The molecule has 2 aliphatic rings. The quantitative estimate of drug-likeness (QED) is 0.667. The number of aromatic nitrogens is 3. The first kappa shape index (κ1) is 20.7. The summed E-state index contributed by atoms with van der Waals surface area (Å²) in [7, 11) is 0. The van der Waals surface area contributed by atoms with Gasteiger partial charge in [-0.3, -0.25) is 0 Å². The number of ether oxygens (including phenoxy) is 3. The Morgan fingerprint density at radius 3 is 2.72 bits per heavy atom. The predicted molar refractivity (Wildman–Crippen MR) is 110 cm³/mol. The summed E-state index contributed by atoms with van der Waals surface area (Å²) in [6.07, 6.45) is -1.07. The summed E-state index contributed by atoms with van der Waals surface area (Å²) >= 11 is 0. The Balaban J connectivity index is 1.49. The topological polar surface area (TPSA) is 95.7 Å². The molecule has 6 atom stereocenters. The zero-order chi connectivity index (χ0) is 22.2. The van der Waals surface area contributed by atoms with Gasteiger partial charge in [0, 0.05) is 17.0 Å². The lowest BCUT2D eigenvalue weighted by Gasteiger charge is -2.47. The van der Waals surface area contributed by atoms with E-state index in [1.54, 1.807) is 29.9 Å². The number of nitrogens with zero attached hydrogens (tertiary/aromatic N) is 3. The second kappa shape index (κ2) is 8.42. The molecule has 2 aromatic carbocycles. The molecule has 2 saturated heterocycles. The molecule has 5 rings (SSSR count). The van der Waals surface area contributed by atoms with E-state index in [0.717, 1.165) is 5.56 Å². The molecule has 2 fully saturated rings. The maximum atomic E-state index is 13.7. The highest BCUT2D eigenvalue weighted by Crippen LogP contribution is 2.42. The lowest BCUT2D eigenvalue weighted by molar-refractivity contribution is -0.307. The Labute approximate surface area is 183 Å². The van der Waals surface area contributed by atoms with E-state index in [-0.39, 0.29) is 12.4 Å². The number of fused-ring (bicyclic) bond motifs is 1. The number of hydrogen-bond donors (Lipinski definition) is 1. The smallest absolute Gasteiger partial charge is 0.333 e. The monoisotopic (exact) mass is 439 g/mol. The molecule has 3 heterocycles. The van der Waals surface area contributed by atoms with Crippen molar-refractivity contribution in [2.24, 2.45) is 5.92 Å². The number of carboxylic acid groups (broad SMARTS) is 1. The van der Waals surface area contributed by atoms with Gasteiger partial charge in [0.05, 0.1) is 18.8 Å². The Hall–Kier alpha value is -3.14. The van der Waals surface area contributed by atoms with Crippen molar-refractivity contribution in [3.63, 3.8) is 0 Å². The minimum atomic E-state index is -1.06. The number of benzene rings is 2. The first-order valence-corrected chi connectivity index (χ1v) is 10.4. The van der Waals surface area contributed by atoms with Gasteiger partial charge in [-0.2, -0.15) is 0 Å². The number of rotatable bonds is 4. The zero-order valence-corrected chi connectivity index (χ0v) is 17.2. The Kier molecular flexibility index (Phi) is 5.46. The lowest BCUT2D eigenvalue weighted by atomic mass is 9.85. The molecule has 9 heteroatoms. The van der Waals surface area contributed by atoms with E-state index in [1.165, 1.54) is 12.1 Å². The summed E-state index contributed by atoms with van der Waals surface area (Å²) in [5, 5.41) is 18.2. The minimum Gasteiger partial charge on any atom is -0.479 e. The van der Waals surface area contributed by atoms with Crippen LogP contribution in [-0.4, -0.2) is 51.0 Å². The number of aliphatic carboxylic acids is 1. The summed E-state index contributed by atoms with van der Waals surface area (Å²) in [5.41, 5.74) is 1.92. The van der Waals surface area contributed by atoms with Crippen LogP contribution in [0.4, 0.5) is 4.39 Å². The van der Waals surface area contributed by atoms with E-state index < -0.39 is 42.5 Å². The lowest BCUT2D eigenvalue weighted by Crippen LogP contribution is -2.58. The average Bonchev–Trinajstić information content (AvgIpc) is 3.28. The molecule has 1 aromatic heterocycles. The van der Waals surface area contributed by atoms with Gasteiger partial charge < -0.3 is 19.3 Å². The van der Waals surface area contributed by atoms with Gasteiger partial charge in [0.15, 0.2) is 12.4 Å². The Morgan fingerprint density at radius 1 is 1.16 bits per heavy atom. The SMILES string of the molecule is C[C@@H]1[C@@H](n2cc(-c3cccc(F)c3)nn2)[C@H]2O[C@@H](c3ccccc3)OC[C@H]2O[C@H]1C(=O)O. The maximum Gasteiger partial charge on any atom is 0.333 e. The molecule has 0 amide bonds. The van der Waals surface area contributed by atoms with Crippen LogP contribution in [0, 0.1) is 11.7 Å². The molecule has 0 saturated carbocycles. The highest BCUT2D eigenvalue weighted by atomic mass is 19.1. The van der Waals surface area contributed by atoms with Gasteiger partial charge in [0.1, 0.15) is 23.7 Å². The van der Waals surface area contributed by atoms with Crippen molar-refractivity contribution in [1.82, 2.24) is 15.0 Å². The van der Waals surface area contributed by atoms with Gasteiger partial charge in [0.25, 0.3) is 0 Å². The molecule has 0 aliphatic carbocycles. The van der Waals surface area contributed by atoms with Crippen LogP contribution in [-0.2, 0) is 19.0 Å². The molecule has 0 bridgehead atoms. The van der Waals surface area contributed by atoms with Crippen molar-refractivity contribution < 1.29 is 28.5 Å². The molecule has 2 aliphatic heterocycles. The van der Waals surface area contributed by atoms with Gasteiger partial charge in [0.2, 0.25) is 0 Å². The summed E-state index contributed by atoms with van der Waals surface area (Å²) in [6, 6.07) is 15.1. The fourth-order valence-corrected chi connectivity index (χ4v) is 4.42. The second-order valence-electron chi connectivity index (χ2n) is 8.05. The number of hydrogen-bond acceptors (Lipinski definition) is 6. The van der Waals surface area contributed by atoms with E-state index in [1.807, 2.05) is 30.3 Å². The largest absolute Gasteiger partial charge is 0.479 e. The Morgan fingerprint density at radius 2 is 1.97 bits per heavy atom. The van der Waals surface area contributed by atoms with Crippen LogP contribution in [0.3, 0.4) is 0 Å². The van der Waals surface area contributed by atoms with Crippen LogP contribution in [0.2, 0.25) is 0 Å². The summed E-state index contributed by atoms with van der Waals surface area (Å²) < 4.78 is 33.3. The second-order valence-corrected chi connectivity index (χ2v) is 8.05. The molecule has 3 aromatic rings. The minimum absolute atomic E-state index is 0.183. The third-order valence-electron chi connectivity index (χ3n) is 5.98. The fraction of sp³-hybridized carbons (Fsp3) is 0.348. The number of carboxylic acids is 1. The summed E-state index contributed by atoms with van der Waals surface area (Å²) in [6.45, 7) is 1.97. The molecule has 0 unspecified atom stereocenters. The third kappa shape index (κ3) is 3.79. The van der Waals surface area contributed by atoms with Gasteiger partial charge in [-0.1, -0.05) is 54.6 Å². The number of carbonyl (C=O) groups is 1. The Bertz CT molecular complexity index is 1110. The molecule has 0 spiro atoms. The van der Waals surface area contributed by atoms with Crippen molar-refractivity contribution in [3.05, 3.63) is 72.2 Å². The normalized spacial score (nSPS) is 29.9. The molecule has 8 nitrogen and oxygen atoms in total. The number of halogens is 1. The predicted octanol–water partition coefficient (Wildman–Crippen LogP) is 3.23. The first-order chi connectivity index (χ1) is 15.5. The molecule has 32 heavy (non-hydrogen) atoms. The van der Waals surface area contributed by atoms with E-state index in [4.69, 9.17) is 14.2 Å². The van der Waals surface area contributed by atoms with Crippen molar-refractivity contribution in [1.29, 1.82) is 0 Å². The summed E-state index contributed by atoms with van der Waals surface area (Å²) in [5.74, 6) is -1.90. The van der Waals surface area contributed by atoms with Crippen LogP contribution in [0.1, 0.15) is 24.8 Å². The van der Waals surface area contributed by atoms with Gasteiger partial charge >= 0.3 is 5.97 Å². The maximum absolute atomic E-state index is 13.7. The van der Waals surface area contributed by atoms with Gasteiger partial charge in [-0.05, 0) is 12.1 Å². The first-order valence-electron chi connectivity index (χ1n) is 10.4. The highest BCUT2D eigenvalue weighted by Gasteiger charge is 2.51. The average molecular weight is 439 g/mol. The molecular formula is C23H22FN3O5. The van der Waals surface area contributed by atoms with E-state index in [0.29, 0.717) is 11.3 Å². The van der Waals surface area contributed by atoms with Gasteiger partial charge in [-0.15, -0.1) is 5.10 Å². The van der Waals surface area contributed by atoms with Crippen molar-refractivity contribution >= 4 is 5.97 Å². The highest BCUT2D eigenvalue weighted by molar-refractivity contribution is 5.73. The molecular weight excluding hydrogens is 417 g/mol. The summed E-state index contributed by atoms with van der Waals surface area (Å²) in [4.78, 5) is 11.9. The van der Waals surface area contributed by atoms with Gasteiger partial charge in [-0.25, -0.2) is 13.9 Å². The standard InChI is InChI=1S/C23H22FN3O5/c1-13-19(27-11-17(25-26-27)15-8-5-9-16(24)10-15)21-18(31-20(13)22(28)29)12-30-23(32-21)14-6-3-2-4-7-14/h2-11,13,18-21,23H,12H2,1H3,(H,28,29)/t13-,18-,19-,20-,21+,23+/m1/s1. The molecule has 1 N–H and O–H groups in total. The molecule has 166 valence electrons. The van der Waals surface area contributed by atoms with Crippen LogP contribution in [0.5, 0.6) is 0 Å². The van der Waals surface area contributed by atoms with E-state index in [9.17, 15) is 14.3 Å². The van der Waals surface area contributed by atoms with E-state index >= 15 is 0 Å². The van der Waals surface area contributed by atoms with Crippen molar-refractivity contribution in [2.45, 2.75) is 37.6 Å². The van der Waals surface area contributed by atoms with Crippen LogP contribution in [0.25, 0.3) is 11.3 Å². The van der Waals surface area contributed by atoms with Crippen LogP contribution >= 0.6 is 0 Å². The fourth-order valence-electron chi connectivity index (χ4n) is 4.42. The van der Waals surface area contributed by atoms with Crippen molar-refractivity contribution in [3.8, 4) is 11.3 Å². The van der Waals surface area contributed by atoms with Crippen molar-refractivity contribution in [2.75, 3.05) is 6.61 Å².